The Labute approximate surface area is 314 Å². The van der Waals surface area contributed by atoms with E-state index >= 15 is 0 Å². The standard InChI is InChI=1S/C48H33N3S/c1-48(2)39-25-13-12-22-34(39)42-35(23-14-26-40(42)48)46-49-45(32-20-10-5-11-21-32)50-47(51-46)36-24-15-27-41-43(36)38-29-33(30-16-6-3-7-17-30)28-37(44(38)52-41)31-18-8-4-9-19-31/h3-29H,1-2H3/i4D,8D,9D,18D,19D. The van der Waals surface area contributed by atoms with Crippen LogP contribution in [0.15, 0.2) is 164 Å². The number of thiophene rings is 1. The molecule has 7 aromatic carbocycles. The Morgan fingerprint density at radius 3 is 1.90 bits per heavy atom. The molecule has 1 aliphatic rings. The van der Waals surface area contributed by atoms with Gasteiger partial charge in [-0.3, -0.25) is 0 Å². The molecule has 0 fully saturated rings. The van der Waals surface area contributed by atoms with Gasteiger partial charge in [0, 0.05) is 47.8 Å². The molecule has 2 heterocycles. The van der Waals surface area contributed by atoms with Crippen LogP contribution in [0, 0.1) is 0 Å². The Kier molecular flexibility index (Phi) is 5.89. The Hall–Kier alpha value is -6.23. The van der Waals surface area contributed by atoms with Crippen LogP contribution < -0.4 is 0 Å². The summed E-state index contributed by atoms with van der Waals surface area (Å²) in [5, 5.41) is 1.80. The second-order valence-corrected chi connectivity index (χ2v) is 14.7. The van der Waals surface area contributed by atoms with Crippen molar-refractivity contribution in [2.75, 3.05) is 0 Å². The van der Waals surface area contributed by atoms with E-state index in [4.69, 9.17) is 21.8 Å². The topological polar surface area (TPSA) is 38.7 Å². The summed E-state index contributed by atoms with van der Waals surface area (Å²) in [6.45, 7) is 4.53. The molecule has 0 bridgehead atoms. The maximum absolute atomic E-state index is 8.97. The van der Waals surface area contributed by atoms with Crippen LogP contribution >= 0.6 is 11.3 Å². The highest BCUT2D eigenvalue weighted by Gasteiger charge is 2.37. The second kappa shape index (κ2) is 11.9. The monoisotopic (exact) mass is 688 g/mol. The van der Waals surface area contributed by atoms with Gasteiger partial charge < -0.3 is 0 Å². The highest BCUT2D eigenvalue weighted by atomic mass is 32.1. The molecule has 0 saturated heterocycles. The van der Waals surface area contributed by atoms with E-state index in [0.29, 0.717) is 23.0 Å². The minimum Gasteiger partial charge on any atom is -0.208 e. The third-order valence-electron chi connectivity index (χ3n) is 10.2. The van der Waals surface area contributed by atoms with Gasteiger partial charge in [0.15, 0.2) is 17.5 Å². The molecule has 0 unspecified atom stereocenters. The third-order valence-corrected chi connectivity index (χ3v) is 11.4. The maximum Gasteiger partial charge on any atom is 0.164 e. The van der Waals surface area contributed by atoms with E-state index in [1.807, 2.05) is 78.9 Å². The van der Waals surface area contributed by atoms with Crippen LogP contribution in [0.2, 0.25) is 0 Å². The average molecular weight is 689 g/mol. The summed E-state index contributed by atoms with van der Waals surface area (Å²) in [6, 6.07) is 43.4. The molecular formula is C48H33N3S. The number of rotatable bonds is 5. The van der Waals surface area contributed by atoms with Gasteiger partial charge in [-0.2, -0.15) is 0 Å². The highest BCUT2D eigenvalue weighted by Crippen LogP contribution is 2.52. The lowest BCUT2D eigenvalue weighted by molar-refractivity contribution is 0.660. The Morgan fingerprint density at radius 1 is 0.500 bits per heavy atom. The van der Waals surface area contributed by atoms with E-state index in [2.05, 4.69) is 68.4 Å². The van der Waals surface area contributed by atoms with Gasteiger partial charge in [0.25, 0.3) is 0 Å². The fourth-order valence-corrected chi connectivity index (χ4v) is 8.99. The number of nitrogens with zero attached hydrogens (tertiary/aromatic N) is 3. The van der Waals surface area contributed by atoms with Gasteiger partial charge >= 0.3 is 0 Å². The highest BCUT2D eigenvalue weighted by molar-refractivity contribution is 7.26. The quantitative estimate of drug-likeness (QED) is 0.181. The summed E-state index contributed by atoms with van der Waals surface area (Å²) in [4.78, 5) is 15.7. The Balaban J connectivity index is 1.28. The van der Waals surface area contributed by atoms with Gasteiger partial charge in [0.05, 0.1) is 6.85 Å². The molecule has 0 saturated carbocycles. The molecule has 0 aliphatic heterocycles. The zero-order chi connectivity index (χ0) is 39.2. The first-order valence-corrected chi connectivity index (χ1v) is 18.1. The van der Waals surface area contributed by atoms with Crippen molar-refractivity contribution in [2.45, 2.75) is 19.3 Å². The first kappa shape index (κ1) is 25.7. The number of benzene rings is 7. The lowest BCUT2D eigenvalue weighted by Gasteiger charge is -2.21. The molecule has 10 rings (SSSR count). The maximum atomic E-state index is 8.97. The fourth-order valence-electron chi connectivity index (χ4n) is 7.76. The summed E-state index contributed by atoms with van der Waals surface area (Å²) in [5.41, 5.74) is 9.77. The molecule has 0 amide bonds. The van der Waals surface area contributed by atoms with Gasteiger partial charge in [0.2, 0.25) is 0 Å². The van der Waals surface area contributed by atoms with Crippen LogP contribution in [0.5, 0.6) is 0 Å². The Morgan fingerprint density at radius 2 is 1.12 bits per heavy atom. The van der Waals surface area contributed by atoms with Crippen molar-refractivity contribution < 1.29 is 6.85 Å². The van der Waals surface area contributed by atoms with E-state index in [9.17, 15) is 0 Å². The summed E-state index contributed by atoms with van der Waals surface area (Å²) in [6.07, 6.45) is 0. The summed E-state index contributed by atoms with van der Waals surface area (Å²) < 4.78 is 45.1. The zero-order valence-electron chi connectivity index (χ0n) is 33.5. The molecule has 4 heteroatoms. The summed E-state index contributed by atoms with van der Waals surface area (Å²) in [7, 11) is 0. The van der Waals surface area contributed by atoms with Crippen molar-refractivity contribution in [1.82, 2.24) is 15.0 Å². The molecular weight excluding hydrogens is 651 g/mol. The van der Waals surface area contributed by atoms with E-state index in [1.165, 1.54) is 28.0 Å². The number of fused-ring (bicyclic) bond motifs is 6. The first-order valence-electron chi connectivity index (χ1n) is 19.8. The molecule has 0 spiro atoms. The molecule has 0 N–H and O–H groups in total. The van der Waals surface area contributed by atoms with Gasteiger partial charge in [-0.1, -0.05) is 159 Å². The van der Waals surface area contributed by atoms with Crippen molar-refractivity contribution in [1.29, 1.82) is 0 Å². The fraction of sp³-hybridized carbons (Fsp3) is 0.0625. The van der Waals surface area contributed by atoms with Crippen molar-refractivity contribution in [2.24, 2.45) is 0 Å². The van der Waals surface area contributed by atoms with Crippen molar-refractivity contribution in [3.63, 3.8) is 0 Å². The minimum absolute atomic E-state index is 0.173. The number of hydrogen-bond donors (Lipinski definition) is 0. The molecule has 2 aromatic heterocycles. The molecule has 0 atom stereocenters. The molecule has 246 valence electrons. The van der Waals surface area contributed by atoms with Crippen LogP contribution in [0.3, 0.4) is 0 Å². The molecule has 0 radical (unpaired) electrons. The molecule has 9 aromatic rings. The largest absolute Gasteiger partial charge is 0.208 e. The normalized spacial score (nSPS) is 14.3. The molecule has 52 heavy (non-hydrogen) atoms. The van der Waals surface area contributed by atoms with Crippen molar-refractivity contribution in [3.05, 3.63) is 175 Å². The molecule has 1 aliphatic carbocycles. The average Bonchev–Trinajstić information content (AvgIpc) is 3.75. The summed E-state index contributed by atoms with van der Waals surface area (Å²) in [5.74, 6) is 1.64. The van der Waals surface area contributed by atoms with Crippen LogP contribution in [-0.4, -0.2) is 15.0 Å². The molecule has 3 nitrogen and oxygen atoms in total. The SMILES string of the molecule is [2H]c1c([2H])c([2H])c(-c2cc(-c3ccccc3)cc3c2sc2cccc(-c4nc(-c5ccccc5)nc(-c5cccc6c5-c5ccccc5C6(C)C)n4)c23)c([2H])c1[2H]. The predicted molar refractivity (Wildman–Crippen MR) is 217 cm³/mol. The smallest absolute Gasteiger partial charge is 0.164 e. The summed E-state index contributed by atoms with van der Waals surface area (Å²) >= 11 is 1.53. The van der Waals surface area contributed by atoms with Crippen LogP contribution in [0.25, 0.3) is 87.7 Å². The Bertz CT molecular complexity index is 3080. The van der Waals surface area contributed by atoms with E-state index in [0.717, 1.165) is 53.6 Å². The first-order chi connectivity index (χ1) is 27.6. The van der Waals surface area contributed by atoms with E-state index < -0.39 is 6.04 Å². The van der Waals surface area contributed by atoms with Gasteiger partial charge in [-0.25, -0.2) is 15.0 Å². The minimum atomic E-state index is -0.418. The van der Waals surface area contributed by atoms with Crippen molar-refractivity contribution >= 4 is 31.5 Å². The predicted octanol–water partition coefficient (Wildman–Crippen LogP) is 12.9. The lowest BCUT2D eigenvalue weighted by Crippen LogP contribution is -2.14. The lowest BCUT2D eigenvalue weighted by atomic mass is 9.82. The van der Waals surface area contributed by atoms with Crippen LogP contribution in [0.1, 0.15) is 31.8 Å². The van der Waals surface area contributed by atoms with E-state index in [1.54, 1.807) is 0 Å². The van der Waals surface area contributed by atoms with Gasteiger partial charge in [-0.15, -0.1) is 11.3 Å². The van der Waals surface area contributed by atoms with Crippen LogP contribution in [0.4, 0.5) is 0 Å². The van der Waals surface area contributed by atoms with Crippen LogP contribution in [-0.2, 0) is 5.41 Å². The van der Waals surface area contributed by atoms with Crippen molar-refractivity contribution in [3.8, 4) is 67.5 Å². The second-order valence-electron chi connectivity index (χ2n) is 13.6. The van der Waals surface area contributed by atoms with Gasteiger partial charge in [-0.05, 0) is 57.1 Å². The zero-order valence-corrected chi connectivity index (χ0v) is 29.3. The van der Waals surface area contributed by atoms with Gasteiger partial charge in [0.1, 0.15) is 0 Å². The third kappa shape index (κ3) is 4.83. The van der Waals surface area contributed by atoms with E-state index in [-0.39, 0.29) is 35.1 Å². The number of hydrogen-bond acceptors (Lipinski definition) is 4. The number of aromatic nitrogens is 3.